The zero-order valence-corrected chi connectivity index (χ0v) is 36.7. The van der Waals surface area contributed by atoms with Gasteiger partial charge in [0, 0.05) is 37.3 Å². The second-order valence-electron chi connectivity index (χ2n) is 17.9. The zero-order valence-electron chi connectivity index (χ0n) is 35.7. The first kappa shape index (κ1) is 41.8. The molecule has 0 aliphatic carbocycles. The number of piperidine rings is 1. The number of carbonyl (C=O) groups is 1. The van der Waals surface area contributed by atoms with Gasteiger partial charge in [-0.1, -0.05) is 113 Å². The lowest BCUT2D eigenvalue weighted by Crippen LogP contribution is -2.66. The number of pyridine rings is 1. The summed E-state index contributed by atoms with van der Waals surface area (Å²) in [5, 5.41) is 12.2. The van der Waals surface area contributed by atoms with E-state index in [1.54, 1.807) is 6.20 Å². The van der Waals surface area contributed by atoms with Gasteiger partial charge < -0.3 is 25.1 Å². The molecular formula is C47H60N8O3Si. The Morgan fingerprint density at radius 3 is 2.20 bits per heavy atom. The number of carbonyl (C=O) groups excluding carboxylic acids is 1. The van der Waals surface area contributed by atoms with Gasteiger partial charge in [0.2, 0.25) is 5.95 Å². The number of hydrogen-bond acceptors (Lipinski definition) is 9. The Morgan fingerprint density at radius 2 is 1.58 bits per heavy atom. The fraction of sp³-hybridized carbons (Fsp3) is 0.426. The van der Waals surface area contributed by atoms with Crippen molar-refractivity contribution in [2.24, 2.45) is 0 Å². The molecule has 3 N–H and O–H groups in total. The fourth-order valence-corrected chi connectivity index (χ4v) is 13.4. The van der Waals surface area contributed by atoms with E-state index < -0.39 is 13.9 Å². The number of nitrogens with one attached hydrogen (secondary N) is 1. The molecule has 1 aliphatic heterocycles. The molecule has 1 aliphatic rings. The number of rotatable bonds is 13. The summed E-state index contributed by atoms with van der Waals surface area (Å²) in [6.45, 7) is 17.2. The summed E-state index contributed by atoms with van der Waals surface area (Å²) in [7, 11) is -2.69. The summed E-state index contributed by atoms with van der Waals surface area (Å²) in [6, 6.07) is 30.2. The lowest BCUT2D eigenvalue weighted by atomic mass is 9.86. The molecule has 3 aromatic heterocycles. The van der Waals surface area contributed by atoms with E-state index in [0.29, 0.717) is 43.5 Å². The first-order chi connectivity index (χ1) is 28.3. The molecule has 1 atom stereocenters. The van der Waals surface area contributed by atoms with Gasteiger partial charge >= 0.3 is 6.09 Å². The van der Waals surface area contributed by atoms with E-state index in [4.69, 9.17) is 30.0 Å². The first-order valence-electron chi connectivity index (χ1n) is 21.1. The number of nitrogen functional groups attached to an aromatic ring is 1. The van der Waals surface area contributed by atoms with E-state index in [0.717, 1.165) is 54.1 Å². The van der Waals surface area contributed by atoms with Gasteiger partial charge in [-0.25, -0.2) is 9.78 Å². The molecule has 0 unspecified atom stereocenters. The van der Waals surface area contributed by atoms with E-state index >= 15 is 0 Å². The molecular weight excluding hydrogens is 753 g/mol. The molecule has 11 nitrogen and oxygen atoms in total. The number of fused-ring (bicyclic) bond motifs is 2. The van der Waals surface area contributed by atoms with Crippen LogP contribution in [-0.4, -0.2) is 75.4 Å². The molecule has 0 bridgehead atoms. The van der Waals surface area contributed by atoms with Crippen LogP contribution >= 0.6 is 0 Å². The third kappa shape index (κ3) is 9.13. The molecule has 3 aromatic carbocycles. The number of hydrogen-bond donors (Lipinski definition) is 2. The van der Waals surface area contributed by atoms with E-state index in [2.05, 4.69) is 117 Å². The van der Waals surface area contributed by atoms with Gasteiger partial charge in [0.1, 0.15) is 16.6 Å². The maximum absolute atomic E-state index is 12.8. The molecule has 0 saturated carbocycles. The minimum Gasteiger partial charge on any atom is -0.444 e. The number of ether oxygens (including phenoxy) is 1. The van der Waals surface area contributed by atoms with Gasteiger partial charge in [-0.3, -0.25) is 9.67 Å². The molecule has 310 valence electrons. The van der Waals surface area contributed by atoms with Crippen molar-refractivity contribution in [3.05, 3.63) is 108 Å². The summed E-state index contributed by atoms with van der Waals surface area (Å²) < 4.78 is 14.9. The minimum atomic E-state index is -2.69. The topological polar surface area (TPSA) is 133 Å². The number of nitrogens with zero attached hydrogens (tertiary/aromatic N) is 6. The van der Waals surface area contributed by atoms with E-state index in [1.807, 2.05) is 42.6 Å². The largest absolute Gasteiger partial charge is 0.444 e. The number of anilines is 2. The second kappa shape index (κ2) is 17.5. The Morgan fingerprint density at radius 1 is 0.898 bits per heavy atom. The molecule has 7 rings (SSSR count). The SMILES string of the molecule is CCC[C@@H](CCO[Si](c1ccccc1)(c1ccccc1)C(C)(C)C)Nc1nc(N)nc2cnn(Cc3ccc(C4CCN(C(=O)OC(C)(C)C)CC4)c4cccnc34)c12. The van der Waals surface area contributed by atoms with Crippen LogP contribution in [0.1, 0.15) is 97.6 Å². The Labute approximate surface area is 349 Å². The van der Waals surface area contributed by atoms with Crippen molar-refractivity contribution in [3.8, 4) is 0 Å². The number of aromatic nitrogens is 5. The van der Waals surface area contributed by atoms with Crippen LogP contribution in [-0.2, 0) is 15.7 Å². The van der Waals surface area contributed by atoms with Gasteiger partial charge in [0.25, 0.3) is 8.32 Å². The van der Waals surface area contributed by atoms with Crippen LogP contribution in [0, 0.1) is 0 Å². The molecule has 12 heteroatoms. The summed E-state index contributed by atoms with van der Waals surface area (Å²) >= 11 is 0. The number of likely N-dealkylation sites (tertiary alicyclic amines) is 1. The summed E-state index contributed by atoms with van der Waals surface area (Å²) in [4.78, 5) is 28.9. The Hall–Kier alpha value is -5.33. The molecule has 0 spiro atoms. The maximum atomic E-state index is 12.8. The maximum Gasteiger partial charge on any atom is 0.410 e. The third-order valence-corrected chi connectivity index (χ3v) is 16.5. The average Bonchev–Trinajstić information content (AvgIpc) is 3.61. The molecule has 59 heavy (non-hydrogen) atoms. The predicted octanol–water partition coefficient (Wildman–Crippen LogP) is 8.67. The van der Waals surface area contributed by atoms with Gasteiger partial charge in [0.05, 0.1) is 18.3 Å². The number of benzene rings is 3. The van der Waals surface area contributed by atoms with Gasteiger partial charge in [-0.2, -0.15) is 10.1 Å². The highest BCUT2D eigenvalue weighted by molar-refractivity contribution is 6.99. The van der Waals surface area contributed by atoms with Crippen LogP contribution in [0.15, 0.2) is 97.3 Å². The molecule has 1 amide bonds. The van der Waals surface area contributed by atoms with Crippen molar-refractivity contribution >= 4 is 58.5 Å². The van der Waals surface area contributed by atoms with E-state index in [-0.39, 0.29) is 23.1 Å². The Kier molecular flexibility index (Phi) is 12.4. The molecule has 4 heterocycles. The van der Waals surface area contributed by atoms with Crippen LogP contribution in [0.5, 0.6) is 0 Å². The zero-order chi connectivity index (χ0) is 41.8. The highest BCUT2D eigenvalue weighted by Gasteiger charge is 2.50. The van der Waals surface area contributed by atoms with E-state index in [1.165, 1.54) is 15.9 Å². The number of amides is 1. The molecule has 1 fully saturated rings. The average molecular weight is 813 g/mol. The summed E-state index contributed by atoms with van der Waals surface area (Å²) in [5.74, 6) is 1.18. The first-order valence-corrected chi connectivity index (χ1v) is 23.0. The third-order valence-electron chi connectivity index (χ3n) is 11.5. The van der Waals surface area contributed by atoms with Gasteiger partial charge in [-0.15, -0.1) is 0 Å². The Balaban J connectivity index is 1.13. The van der Waals surface area contributed by atoms with E-state index in [9.17, 15) is 4.79 Å². The Bertz CT molecular complexity index is 2310. The normalized spacial score (nSPS) is 14.8. The lowest BCUT2D eigenvalue weighted by molar-refractivity contribution is 0.0205. The number of nitrogens with two attached hydrogens (primary N) is 1. The van der Waals surface area contributed by atoms with Crippen LogP contribution in [0.2, 0.25) is 5.04 Å². The quantitative estimate of drug-likeness (QED) is 0.110. The van der Waals surface area contributed by atoms with Crippen molar-refractivity contribution in [3.63, 3.8) is 0 Å². The predicted molar refractivity (Wildman–Crippen MR) is 241 cm³/mol. The van der Waals surface area contributed by atoms with Crippen molar-refractivity contribution in [1.29, 1.82) is 0 Å². The van der Waals surface area contributed by atoms with Gasteiger partial charge in [-0.05, 0) is 85.0 Å². The lowest BCUT2D eigenvalue weighted by Gasteiger charge is -2.43. The van der Waals surface area contributed by atoms with Crippen LogP contribution in [0.4, 0.5) is 16.6 Å². The van der Waals surface area contributed by atoms with Crippen LogP contribution in [0.3, 0.4) is 0 Å². The molecule has 1 saturated heterocycles. The summed E-state index contributed by atoms with van der Waals surface area (Å²) in [5.41, 5.74) is 10.5. The second-order valence-corrected chi connectivity index (χ2v) is 22.2. The van der Waals surface area contributed by atoms with Crippen LogP contribution in [0.25, 0.3) is 21.9 Å². The monoisotopic (exact) mass is 812 g/mol. The molecule has 6 aromatic rings. The van der Waals surface area contributed by atoms with Crippen molar-refractivity contribution in [1.82, 2.24) is 29.6 Å². The van der Waals surface area contributed by atoms with Crippen molar-refractivity contribution in [2.75, 3.05) is 30.7 Å². The van der Waals surface area contributed by atoms with Crippen molar-refractivity contribution < 1.29 is 14.0 Å². The standard InChI is InChI=1S/C47H60N8O3Si/c1-8-16-35(26-30-57-59(47(5,6)7,36-17-11-9-12-18-36)37-19-13-10-14-20-37)51-43-42-40(52-44(48)53-43)31-50-55(42)32-34-22-23-38(39-21-15-27-49-41(34)39)33-24-28-54(29-25-33)45(56)58-46(2,3)4/h9-15,17-23,27,31,33,35H,8,16,24-26,28-30,32H2,1-7H3,(H3,48,51,52,53)/t35-/m0/s1. The smallest absolute Gasteiger partial charge is 0.410 e. The van der Waals surface area contributed by atoms with Gasteiger partial charge in [0.15, 0.2) is 5.82 Å². The highest BCUT2D eigenvalue weighted by atomic mass is 28.4. The fourth-order valence-electron chi connectivity index (χ4n) is 8.78. The minimum absolute atomic E-state index is 0.0718. The molecule has 0 radical (unpaired) electrons. The van der Waals surface area contributed by atoms with Crippen LogP contribution < -0.4 is 21.4 Å². The van der Waals surface area contributed by atoms with Crippen molar-refractivity contribution in [2.45, 2.75) is 110 Å². The highest BCUT2D eigenvalue weighted by Crippen LogP contribution is 2.38. The summed E-state index contributed by atoms with van der Waals surface area (Å²) in [6.07, 6.45) is 7.80.